The minimum Gasteiger partial charge on any atom is -0.229 e. The largest absolute Gasteiger partial charge is 0.240 e. The van der Waals surface area contributed by atoms with Crippen molar-refractivity contribution in [2.24, 2.45) is 0 Å². The maximum Gasteiger partial charge on any atom is 0.240 e. The summed E-state index contributed by atoms with van der Waals surface area (Å²) >= 11 is 0. The molecule has 0 aromatic heterocycles. The molecule has 1 N–H and O–H groups in total. The third-order valence-electron chi connectivity index (χ3n) is 2.10. The Balaban J connectivity index is 2.73. The Morgan fingerprint density at radius 1 is 1.06 bits per heavy atom. The van der Waals surface area contributed by atoms with E-state index in [1.54, 1.807) is 12.1 Å². The smallest absolute Gasteiger partial charge is 0.229 e. The number of nitrogens with one attached hydrogen (secondary N) is 1. The zero-order valence-corrected chi connectivity index (χ0v) is 11.3. The van der Waals surface area contributed by atoms with E-state index in [1.807, 2.05) is 6.92 Å². The maximum atomic E-state index is 11.7. The number of rotatable bonds is 5. The van der Waals surface area contributed by atoms with Crippen LogP contribution in [0.15, 0.2) is 29.2 Å². The first kappa shape index (κ1) is 14.1. The number of sulfonamides is 1. The third-order valence-corrected chi connectivity index (χ3v) is 4.52. The van der Waals surface area contributed by atoms with E-state index in [4.69, 9.17) is 0 Å². The second kappa shape index (κ2) is 5.16. The first-order valence-electron chi connectivity index (χ1n) is 4.95. The Labute approximate surface area is 102 Å². The summed E-state index contributed by atoms with van der Waals surface area (Å²) in [4.78, 5) is 0.136. The summed E-state index contributed by atoms with van der Waals surface area (Å²) < 4.78 is 47.4. The summed E-state index contributed by atoms with van der Waals surface area (Å²) in [7, 11) is -6.78. The van der Waals surface area contributed by atoms with Gasteiger partial charge in [-0.2, -0.15) is 0 Å². The van der Waals surface area contributed by atoms with Crippen LogP contribution in [0.5, 0.6) is 0 Å². The molecule has 0 amide bonds. The molecule has 0 unspecified atom stereocenters. The highest BCUT2D eigenvalue weighted by atomic mass is 32.2. The number of sulfone groups is 1. The lowest BCUT2D eigenvalue weighted by molar-refractivity contribution is 0.582. The highest BCUT2D eigenvalue weighted by Gasteiger charge is 2.13. The van der Waals surface area contributed by atoms with Gasteiger partial charge in [0.05, 0.1) is 10.6 Å². The monoisotopic (exact) mass is 277 g/mol. The van der Waals surface area contributed by atoms with Crippen molar-refractivity contribution in [2.75, 3.05) is 18.6 Å². The minimum atomic E-state index is -3.61. The van der Waals surface area contributed by atoms with Crippen molar-refractivity contribution in [3.63, 3.8) is 0 Å². The van der Waals surface area contributed by atoms with Crippen LogP contribution >= 0.6 is 0 Å². The highest BCUT2D eigenvalue weighted by molar-refractivity contribution is 7.91. The molecule has 96 valence electrons. The average Bonchev–Trinajstić information content (AvgIpc) is 2.15. The molecule has 1 rings (SSSR count). The first-order valence-corrected chi connectivity index (χ1v) is 8.49. The molecular weight excluding hydrogens is 262 g/mol. The van der Waals surface area contributed by atoms with E-state index < -0.39 is 19.9 Å². The standard InChI is InChI=1S/C10H15NO4S2/c1-9-3-5-10(6-4-9)17(14,15)11-7-8-16(2,12)13/h3-6,11H,7-8H2,1-2H3. The van der Waals surface area contributed by atoms with Crippen molar-refractivity contribution < 1.29 is 16.8 Å². The van der Waals surface area contributed by atoms with Crippen LogP contribution in [0.3, 0.4) is 0 Å². The minimum absolute atomic E-state index is 0.116. The fourth-order valence-corrected chi connectivity index (χ4v) is 2.80. The van der Waals surface area contributed by atoms with Gasteiger partial charge in [0.15, 0.2) is 0 Å². The van der Waals surface area contributed by atoms with Gasteiger partial charge in [0, 0.05) is 12.8 Å². The zero-order valence-electron chi connectivity index (χ0n) is 9.67. The second-order valence-corrected chi connectivity index (χ2v) is 7.87. The van der Waals surface area contributed by atoms with Crippen LogP contribution in [0.25, 0.3) is 0 Å². The average molecular weight is 277 g/mol. The van der Waals surface area contributed by atoms with Gasteiger partial charge in [-0.3, -0.25) is 0 Å². The van der Waals surface area contributed by atoms with Gasteiger partial charge in [-0.05, 0) is 19.1 Å². The number of hydrogen-bond acceptors (Lipinski definition) is 4. The first-order chi connectivity index (χ1) is 7.71. The van der Waals surface area contributed by atoms with Crippen molar-refractivity contribution in [3.8, 4) is 0 Å². The van der Waals surface area contributed by atoms with Crippen LogP contribution in [-0.2, 0) is 19.9 Å². The molecule has 1 aromatic rings. The molecule has 1 aromatic carbocycles. The molecule has 0 atom stereocenters. The zero-order chi connectivity index (χ0) is 13.1. The number of hydrogen-bond donors (Lipinski definition) is 1. The molecule has 7 heteroatoms. The van der Waals surface area contributed by atoms with Gasteiger partial charge in [0.25, 0.3) is 0 Å². The van der Waals surface area contributed by atoms with E-state index in [2.05, 4.69) is 4.72 Å². The van der Waals surface area contributed by atoms with Gasteiger partial charge < -0.3 is 0 Å². The van der Waals surface area contributed by atoms with Gasteiger partial charge in [0.1, 0.15) is 9.84 Å². The molecule has 0 saturated heterocycles. The van der Waals surface area contributed by atoms with E-state index in [9.17, 15) is 16.8 Å². The van der Waals surface area contributed by atoms with Crippen molar-refractivity contribution >= 4 is 19.9 Å². The molecule has 0 radical (unpaired) electrons. The summed E-state index contributed by atoms with van der Waals surface area (Å²) in [6, 6.07) is 6.34. The van der Waals surface area contributed by atoms with Crippen LogP contribution in [0.1, 0.15) is 5.56 Å². The summed E-state index contributed by atoms with van der Waals surface area (Å²) in [5, 5.41) is 0. The quantitative estimate of drug-likeness (QED) is 0.840. The molecule has 0 heterocycles. The van der Waals surface area contributed by atoms with Crippen molar-refractivity contribution in [1.29, 1.82) is 0 Å². The van der Waals surface area contributed by atoms with Crippen molar-refractivity contribution in [2.45, 2.75) is 11.8 Å². The Hall–Kier alpha value is -0.920. The molecule has 0 fully saturated rings. The SMILES string of the molecule is Cc1ccc(S(=O)(=O)NCCS(C)(=O)=O)cc1. The van der Waals surface area contributed by atoms with Crippen molar-refractivity contribution in [3.05, 3.63) is 29.8 Å². The Morgan fingerprint density at radius 3 is 2.06 bits per heavy atom. The summed E-state index contributed by atoms with van der Waals surface area (Å²) in [5.41, 5.74) is 0.958. The molecule has 0 aliphatic carbocycles. The summed E-state index contributed by atoms with van der Waals surface area (Å²) in [5.74, 6) is -0.210. The molecule has 17 heavy (non-hydrogen) atoms. The van der Waals surface area contributed by atoms with E-state index in [0.717, 1.165) is 11.8 Å². The van der Waals surface area contributed by atoms with Gasteiger partial charge in [-0.1, -0.05) is 17.7 Å². The molecular formula is C10H15NO4S2. The lowest BCUT2D eigenvalue weighted by atomic mass is 10.2. The highest BCUT2D eigenvalue weighted by Crippen LogP contribution is 2.09. The van der Waals surface area contributed by atoms with E-state index >= 15 is 0 Å². The van der Waals surface area contributed by atoms with Gasteiger partial charge >= 0.3 is 0 Å². The maximum absolute atomic E-state index is 11.7. The fraction of sp³-hybridized carbons (Fsp3) is 0.400. The fourth-order valence-electron chi connectivity index (χ4n) is 1.16. The molecule has 0 bridgehead atoms. The summed E-state index contributed by atoms with van der Waals surface area (Å²) in [6.07, 6.45) is 1.06. The lowest BCUT2D eigenvalue weighted by Crippen LogP contribution is -2.28. The van der Waals surface area contributed by atoms with E-state index in [1.165, 1.54) is 12.1 Å². The van der Waals surface area contributed by atoms with Crippen LogP contribution in [0.2, 0.25) is 0 Å². The van der Waals surface area contributed by atoms with Gasteiger partial charge in [-0.25, -0.2) is 21.6 Å². The third kappa shape index (κ3) is 4.84. The normalized spacial score (nSPS) is 12.6. The van der Waals surface area contributed by atoms with E-state index in [0.29, 0.717) is 0 Å². The Kier molecular flexibility index (Phi) is 4.29. The lowest BCUT2D eigenvalue weighted by Gasteiger charge is -2.06. The van der Waals surface area contributed by atoms with Gasteiger partial charge in [0.2, 0.25) is 10.0 Å². The molecule has 0 aliphatic heterocycles. The predicted octanol–water partition coefficient (Wildman–Crippen LogP) is 0.318. The van der Waals surface area contributed by atoms with Gasteiger partial charge in [-0.15, -0.1) is 0 Å². The molecule has 0 aliphatic rings. The van der Waals surface area contributed by atoms with Crippen LogP contribution in [0, 0.1) is 6.92 Å². The number of aryl methyl sites for hydroxylation is 1. The predicted molar refractivity (Wildman–Crippen MR) is 66.1 cm³/mol. The van der Waals surface area contributed by atoms with Crippen LogP contribution in [-0.4, -0.2) is 35.4 Å². The topological polar surface area (TPSA) is 80.3 Å². The second-order valence-electron chi connectivity index (χ2n) is 3.84. The molecule has 5 nitrogen and oxygen atoms in total. The van der Waals surface area contributed by atoms with Crippen LogP contribution < -0.4 is 4.72 Å². The Bertz CT molecular complexity index is 573. The molecule has 0 saturated carbocycles. The Morgan fingerprint density at radius 2 is 1.59 bits per heavy atom. The summed E-state index contributed by atoms with van der Waals surface area (Å²) in [6.45, 7) is 1.74. The number of benzene rings is 1. The van der Waals surface area contributed by atoms with Crippen molar-refractivity contribution in [1.82, 2.24) is 4.72 Å². The van der Waals surface area contributed by atoms with Crippen LogP contribution in [0.4, 0.5) is 0 Å². The molecule has 0 spiro atoms. The van der Waals surface area contributed by atoms with E-state index in [-0.39, 0.29) is 17.2 Å².